The summed E-state index contributed by atoms with van der Waals surface area (Å²) >= 11 is 0. The van der Waals surface area contributed by atoms with E-state index in [4.69, 9.17) is 10.5 Å². The Morgan fingerprint density at radius 2 is 1.64 bits per heavy atom. The highest BCUT2D eigenvalue weighted by Crippen LogP contribution is 2.37. The molecule has 0 aromatic carbocycles. The van der Waals surface area contributed by atoms with Crippen LogP contribution in [0.15, 0.2) is 9.98 Å². The number of rotatable bonds is 1. The van der Waals surface area contributed by atoms with Crippen LogP contribution < -0.4 is 0 Å². The van der Waals surface area contributed by atoms with Crippen molar-refractivity contribution < 1.29 is 9.59 Å². The first-order chi connectivity index (χ1) is 10.4. The Labute approximate surface area is 128 Å². The summed E-state index contributed by atoms with van der Waals surface area (Å²) in [5.41, 5.74) is -0.588. The summed E-state index contributed by atoms with van der Waals surface area (Å²) in [5, 5.41) is 18.3. The van der Waals surface area contributed by atoms with Crippen LogP contribution in [-0.4, -0.2) is 33.9 Å². The van der Waals surface area contributed by atoms with Crippen LogP contribution in [0.25, 0.3) is 0 Å². The Kier molecular flexibility index (Phi) is 4.37. The lowest BCUT2D eigenvalue weighted by Crippen LogP contribution is -2.44. The van der Waals surface area contributed by atoms with Gasteiger partial charge in [-0.25, -0.2) is 9.89 Å². The number of hydrogen-bond acceptors (Lipinski definition) is 6. The SMILES string of the molecule is CC(=O)N(C(C)=O)C1=NC2(CCCCC2)N=C1C(C#N)C#N. The minimum atomic E-state index is -1.14. The fourth-order valence-corrected chi connectivity index (χ4v) is 2.92. The van der Waals surface area contributed by atoms with E-state index in [1.165, 1.54) is 13.8 Å². The lowest BCUT2D eigenvalue weighted by atomic mass is 9.90. The maximum Gasteiger partial charge on any atom is 0.231 e. The monoisotopic (exact) mass is 299 g/mol. The predicted molar refractivity (Wildman–Crippen MR) is 78.6 cm³/mol. The topological polar surface area (TPSA) is 110 Å². The van der Waals surface area contributed by atoms with Gasteiger partial charge in [0.05, 0.1) is 12.1 Å². The van der Waals surface area contributed by atoms with Gasteiger partial charge in [0.25, 0.3) is 0 Å². The van der Waals surface area contributed by atoms with Crippen molar-refractivity contribution in [3.05, 3.63) is 0 Å². The molecule has 0 N–H and O–H groups in total. The van der Waals surface area contributed by atoms with Gasteiger partial charge in [-0.05, 0) is 25.7 Å². The summed E-state index contributed by atoms with van der Waals surface area (Å²) in [6, 6.07) is 3.71. The van der Waals surface area contributed by atoms with Crippen molar-refractivity contribution in [1.29, 1.82) is 10.5 Å². The average molecular weight is 299 g/mol. The van der Waals surface area contributed by atoms with Crippen molar-refractivity contribution >= 4 is 23.4 Å². The number of carbonyl (C=O) groups is 2. The van der Waals surface area contributed by atoms with E-state index in [9.17, 15) is 9.59 Å². The Morgan fingerprint density at radius 1 is 1.09 bits per heavy atom. The summed E-state index contributed by atoms with van der Waals surface area (Å²) in [6.45, 7) is 2.50. The molecule has 0 bridgehead atoms. The summed E-state index contributed by atoms with van der Waals surface area (Å²) < 4.78 is 0. The van der Waals surface area contributed by atoms with E-state index < -0.39 is 23.4 Å². The second kappa shape index (κ2) is 6.07. The molecule has 2 aliphatic rings. The minimum absolute atomic E-state index is 0.0648. The number of nitrogens with zero attached hydrogens (tertiary/aromatic N) is 5. The van der Waals surface area contributed by atoms with Crippen molar-refractivity contribution in [2.75, 3.05) is 0 Å². The van der Waals surface area contributed by atoms with E-state index in [0.717, 1.165) is 24.2 Å². The Morgan fingerprint density at radius 3 is 2.09 bits per heavy atom. The molecule has 1 spiro atoms. The third kappa shape index (κ3) is 2.75. The Hall–Kier alpha value is -2.54. The standard InChI is InChI=1S/C15H17N5O2/c1-10(21)20(11(2)22)14-13(12(8-16)9-17)18-15(19-14)6-4-3-5-7-15/h12H,3-7H2,1-2H3. The van der Waals surface area contributed by atoms with Gasteiger partial charge in [-0.15, -0.1) is 0 Å². The lowest BCUT2D eigenvalue weighted by Gasteiger charge is -2.27. The average Bonchev–Trinajstić information content (AvgIpc) is 2.79. The van der Waals surface area contributed by atoms with E-state index in [-0.39, 0.29) is 11.5 Å². The van der Waals surface area contributed by atoms with E-state index in [1.54, 1.807) is 0 Å². The minimum Gasteiger partial charge on any atom is -0.274 e. The lowest BCUT2D eigenvalue weighted by molar-refractivity contribution is -0.136. The third-order valence-electron chi connectivity index (χ3n) is 3.90. The van der Waals surface area contributed by atoms with Crippen LogP contribution in [0, 0.1) is 28.6 Å². The second-order valence-electron chi connectivity index (χ2n) is 5.54. The van der Waals surface area contributed by atoms with Crippen molar-refractivity contribution in [1.82, 2.24) is 4.90 Å². The number of imide groups is 1. The molecule has 1 aliphatic carbocycles. The van der Waals surface area contributed by atoms with Crippen LogP contribution in [-0.2, 0) is 9.59 Å². The van der Waals surface area contributed by atoms with E-state index in [0.29, 0.717) is 12.8 Å². The highest BCUT2D eigenvalue weighted by atomic mass is 16.2. The van der Waals surface area contributed by atoms with Gasteiger partial charge in [0, 0.05) is 13.8 Å². The molecular formula is C15H17N5O2. The number of amidine groups is 1. The fraction of sp³-hybridized carbons (Fsp3) is 0.600. The summed E-state index contributed by atoms with van der Waals surface area (Å²) in [5.74, 6) is -2.07. The third-order valence-corrected chi connectivity index (χ3v) is 3.90. The second-order valence-corrected chi connectivity index (χ2v) is 5.54. The Balaban J connectivity index is 2.53. The predicted octanol–water partition coefficient (Wildman–Crippen LogP) is 1.56. The largest absolute Gasteiger partial charge is 0.274 e. The zero-order valence-electron chi connectivity index (χ0n) is 12.7. The fourth-order valence-electron chi connectivity index (χ4n) is 2.92. The number of carbonyl (C=O) groups excluding carboxylic acids is 2. The molecule has 1 fully saturated rings. The van der Waals surface area contributed by atoms with Gasteiger partial charge in [0.2, 0.25) is 11.8 Å². The maximum absolute atomic E-state index is 11.8. The van der Waals surface area contributed by atoms with Crippen molar-refractivity contribution in [2.45, 2.75) is 51.6 Å². The molecule has 2 rings (SSSR count). The van der Waals surface area contributed by atoms with Gasteiger partial charge < -0.3 is 0 Å². The van der Waals surface area contributed by atoms with Crippen LogP contribution in [0.1, 0.15) is 46.0 Å². The van der Waals surface area contributed by atoms with E-state index in [1.807, 2.05) is 12.1 Å². The Bertz CT molecular complexity index is 616. The van der Waals surface area contributed by atoms with Gasteiger partial charge in [0.1, 0.15) is 5.71 Å². The number of nitriles is 2. The summed E-state index contributed by atoms with van der Waals surface area (Å²) in [4.78, 5) is 33.5. The molecule has 0 aromatic heterocycles. The van der Waals surface area contributed by atoms with Gasteiger partial charge >= 0.3 is 0 Å². The van der Waals surface area contributed by atoms with Crippen molar-refractivity contribution in [3.8, 4) is 12.1 Å². The first kappa shape index (κ1) is 15.8. The van der Waals surface area contributed by atoms with Crippen molar-refractivity contribution in [3.63, 3.8) is 0 Å². The first-order valence-corrected chi connectivity index (χ1v) is 7.24. The molecule has 2 amide bonds. The van der Waals surface area contributed by atoms with Crippen LogP contribution in [0.5, 0.6) is 0 Å². The number of hydrogen-bond donors (Lipinski definition) is 0. The molecule has 0 unspecified atom stereocenters. The van der Waals surface area contributed by atoms with Gasteiger partial charge in [-0.2, -0.15) is 10.5 Å². The van der Waals surface area contributed by atoms with Crippen molar-refractivity contribution in [2.24, 2.45) is 15.9 Å². The first-order valence-electron chi connectivity index (χ1n) is 7.24. The normalized spacial score (nSPS) is 19.1. The molecule has 114 valence electrons. The molecule has 22 heavy (non-hydrogen) atoms. The molecule has 7 nitrogen and oxygen atoms in total. The molecule has 0 radical (unpaired) electrons. The zero-order chi connectivity index (χ0) is 16.3. The highest BCUT2D eigenvalue weighted by Gasteiger charge is 2.43. The zero-order valence-corrected chi connectivity index (χ0v) is 12.7. The van der Waals surface area contributed by atoms with Gasteiger partial charge in [0.15, 0.2) is 17.4 Å². The van der Waals surface area contributed by atoms with Crippen LogP contribution in [0.2, 0.25) is 0 Å². The summed E-state index contributed by atoms with van der Waals surface area (Å²) in [7, 11) is 0. The van der Waals surface area contributed by atoms with Crippen LogP contribution in [0.3, 0.4) is 0 Å². The molecule has 1 aliphatic heterocycles. The molecule has 7 heteroatoms. The molecule has 0 aromatic rings. The molecule has 1 heterocycles. The van der Waals surface area contributed by atoms with E-state index >= 15 is 0 Å². The summed E-state index contributed by atoms with van der Waals surface area (Å²) in [6.07, 6.45) is 4.37. The van der Waals surface area contributed by atoms with E-state index in [2.05, 4.69) is 9.98 Å². The van der Waals surface area contributed by atoms with Crippen LogP contribution in [0.4, 0.5) is 0 Å². The number of aliphatic imine (C=N–C) groups is 2. The van der Waals surface area contributed by atoms with Gasteiger partial charge in [-0.3, -0.25) is 14.6 Å². The molecule has 1 saturated carbocycles. The van der Waals surface area contributed by atoms with Crippen LogP contribution >= 0.6 is 0 Å². The quantitative estimate of drug-likeness (QED) is 0.731. The van der Waals surface area contributed by atoms with Gasteiger partial charge in [-0.1, -0.05) is 6.42 Å². The highest BCUT2D eigenvalue weighted by molar-refractivity contribution is 6.48. The molecule has 0 saturated heterocycles. The number of amides is 2. The maximum atomic E-state index is 11.8. The molecular weight excluding hydrogens is 282 g/mol. The smallest absolute Gasteiger partial charge is 0.231 e. The molecule has 0 atom stereocenters.